The highest BCUT2D eigenvalue weighted by molar-refractivity contribution is 5.72. The summed E-state index contributed by atoms with van der Waals surface area (Å²) < 4.78 is 5.06. The van der Waals surface area contributed by atoms with Crippen LogP contribution in [0.15, 0.2) is 0 Å². The number of esters is 1. The number of ether oxygens (including phenoxy) is 1. The first-order chi connectivity index (χ1) is 9.52. The zero-order chi connectivity index (χ0) is 14.6. The van der Waals surface area contributed by atoms with Gasteiger partial charge in [0.05, 0.1) is 18.1 Å². The van der Waals surface area contributed by atoms with E-state index in [0.717, 1.165) is 19.4 Å². The molecule has 4 heteroatoms. The highest BCUT2D eigenvalue weighted by Gasteiger charge is 2.41. The summed E-state index contributed by atoms with van der Waals surface area (Å²) in [7, 11) is 0. The second kappa shape index (κ2) is 6.44. The lowest BCUT2D eigenvalue weighted by atomic mass is 9.78. The van der Waals surface area contributed by atoms with Gasteiger partial charge in [-0.15, -0.1) is 0 Å². The van der Waals surface area contributed by atoms with Crippen molar-refractivity contribution in [2.24, 2.45) is 11.3 Å². The van der Waals surface area contributed by atoms with Crippen LogP contribution in [0.2, 0.25) is 0 Å². The molecule has 0 aromatic heterocycles. The largest absolute Gasteiger partial charge is 0.466 e. The molecule has 2 aliphatic rings. The van der Waals surface area contributed by atoms with Gasteiger partial charge in [-0.2, -0.15) is 0 Å². The van der Waals surface area contributed by atoms with Gasteiger partial charge >= 0.3 is 5.97 Å². The van der Waals surface area contributed by atoms with Crippen LogP contribution in [0.3, 0.4) is 0 Å². The molecule has 0 saturated heterocycles. The standard InChI is InChI=1S/C16H29NO3/c1-3-15(9-10-15)11-17-12-16(19)7-5-13(6-8-16)14(18)20-4-2/h13,17,19H,3-12H2,1-2H3. The molecule has 0 amide bonds. The normalized spacial score (nSPS) is 31.9. The molecule has 0 unspecified atom stereocenters. The first-order valence-electron chi connectivity index (χ1n) is 8.12. The third kappa shape index (κ3) is 3.95. The Kier molecular flexibility index (Phi) is 5.08. The molecule has 0 bridgehead atoms. The van der Waals surface area contributed by atoms with Crippen LogP contribution < -0.4 is 5.32 Å². The smallest absolute Gasteiger partial charge is 0.308 e. The molecule has 0 aromatic carbocycles. The predicted molar refractivity (Wildman–Crippen MR) is 78.4 cm³/mol. The van der Waals surface area contributed by atoms with Gasteiger partial charge in [-0.05, 0) is 57.3 Å². The molecule has 0 aromatic rings. The van der Waals surface area contributed by atoms with Crippen LogP contribution in [-0.4, -0.2) is 36.4 Å². The van der Waals surface area contributed by atoms with E-state index in [2.05, 4.69) is 12.2 Å². The molecule has 0 atom stereocenters. The minimum Gasteiger partial charge on any atom is -0.466 e. The number of rotatable bonds is 7. The Bertz CT molecular complexity index is 331. The summed E-state index contributed by atoms with van der Waals surface area (Å²) in [6.45, 7) is 6.20. The summed E-state index contributed by atoms with van der Waals surface area (Å²) in [5.74, 6) is -0.105. The van der Waals surface area contributed by atoms with E-state index < -0.39 is 5.60 Å². The maximum atomic E-state index is 11.7. The van der Waals surface area contributed by atoms with Crippen molar-refractivity contribution in [3.8, 4) is 0 Å². The highest BCUT2D eigenvalue weighted by Crippen LogP contribution is 2.48. The maximum absolute atomic E-state index is 11.7. The number of aliphatic hydroxyl groups is 1. The van der Waals surface area contributed by atoms with Gasteiger partial charge in [0.1, 0.15) is 0 Å². The minimum atomic E-state index is -0.632. The molecular weight excluding hydrogens is 254 g/mol. The monoisotopic (exact) mass is 283 g/mol. The van der Waals surface area contributed by atoms with E-state index in [-0.39, 0.29) is 11.9 Å². The van der Waals surface area contributed by atoms with Crippen molar-refractivity contribution in [3.05, 3.63) is 0 Å². The van der Waals surface area contributed by atoms with Gasteiger partial charge in [0.25, 0.3) is 0 Å². The Hall–Kier alpha value is -0.610. The van der Waals surface area contributed by atoms with Gasteiger partial charge in [-0.3, -0.25) is 4.79 Å². The summed E-state index contributed by atoms with van der Waals surface area (Å²) in [6.07, 6.45) is 6.75. The molecule has 2 fully saturated rings. The van der Waals surface area contributed by atoms with E-state index in [1.807, 2.05) is 6.92 Å². The van der Waals surface area contributed by atoms with Crippen molar-refractivity contribution < 1.29 is 14.6 Å². The van der Waals surface area contributed by atoms with Gasteiger partial charge in [0.2, 0.25) is 0 Å². The van der Waals surface area contributed by atoms with Gasteiger partial charge in [0.15, 0.2) is 0 Å². The zero-order valence-electron chi connectivity index (χ0n) is 12.9. The number of hydrogen-bond donors (Lipinski definition) is 2. The van der Waals surface area contributed by atoms with Gasteiger partial charge in [-0.25, -0.2) is 0 Å². The quantitative estimate of drug-likeness (QED) is 0.704. The molecule has 0 aliphatic heterocycles. The lowest BCUT2D eigenvalue weighted by molar-refractivity contribution is -0.151. The molecule has 2 aliphatic carbocycles. The maximum Gasteiger partial charge on any atom is 0.308 e. The molecular formula is C16H29NO3. The van der Waals surface area contributed by atoms with Crippen molar-refractivity contribution >= 4 is 5.97 Å². The first-order valence-corrected chi connectivity index (χ1v) is 8.12. The molecule has 2 rings (SSSR count). The molecule has 0 spiro atoms. The van der Waals surface area contributed by atoms with Gasteiger partial charge in [0, 0.05) is 13.1 Å². The molecule has 116 valence electrons. The first kappa shape index (κ1) is 15.8. The van der Waals surface area contributed by atoms with E-state index in [0.29, 0.717) is 31.4 Å². The van der Waals surface area contributed by atoms with E-state index >= 15 is 0 Å². The summed E-state index contributed by atoms with van der Waals surface area (Å²) in [4.78, 5) is 11.7. The average Bonchev–Trinajstić information content (AvgIpc) is 3.20. The lowest BCUT2D eigenvalue weighted by Gasteiger charge is -2.35. The van der Waals surface area contributed by atoms with Crippen molar-refractivity contribution in [3.63, 3.8) is 0 Å². The van der Waals surface area contributed by atoms with Gasteiger partial charge in [-0.1, -0.05) is 6.92 Å². The van der Waals surface area contributed by atoms with Crippen LogP contribution in [0, 0.1) is 11.3 Å². The van der Waals surface area contributed by atoms with Crippen LogP contribution in [0.5, 0.6) is 0 Å². The van der Waals surface area contributed by atoms with Crippen molar-refractivity contribution in [2.75, 3.05) is 19.7 Å². The summed E-state index contributed by atoms with van der Waals surface area (Å²) in [5, 5.41) is 14.0. The summed E-state index contributed by atoms with van der Waals surface area (Å²) in [5.41, 5.74) is -0.120. The van der Waals surface area contributed by atoms with Crippen LogP contribution in [-0.2, 0) is 9.53 Å². The number of nitrogens with one attached hydrogen (secondary N) is 1. The number of carbonyl (C=O) groups excluding carboxylic acids is 1. The van der Waals surface area contributed by atoms with Crippen LogP contribution in [0.25, 0.3) is 0 Å². The molecule has 20 heavy (non-hydrogen) atoms. The summed E-state index contributed by atoms with van der Waals surface area (Å²) in [6, 6.07) is 0. The van der Waals surface area contributed by atoms with Crippen LogP contribution in [0.4, 0.5) is 0 Å². The van der Waals surface area contributed by atoms with Gasteiger partial charge < -0.3 is 15.2 Å². The molecule has 0 radical (unpaired) electrons. The van der Waals surface area contributed by atoms with Crippen molar-refractivity contribution in [1.82, 2.24) is 5.32 Å². The Morgan fingerprint density at radius 2 is 1.85 bits per heavy atom. The second-order valence-electron chi connectivity index (χ2n) is 6.71. The fourth-order valence-corrected chi connectivity index (χ4v) is 3.22. The summed E-state index contributed by atoms with van der Waals surface area (Å²) >= 11 is 0. The molecule has 2 saturated carbocycles. The number of carbonyl (C=O) groups is 1. The van der Waals surface area contributed by atoms with E-state index in [1.165, 1.54) is 19.3 Å². The molecule has 0 heterocycles. The second-order valence-corrected chi connectivity index (χ2v) is 6.71. The lowest BCUT2D eigenvalue weighted by Crippen LogP contribution is -2.45. The number of hydrogen-bond acceptors (Lipinski definition) is 4. The third-order valence-electron chi connectivity index (χ3n) is 5.20. The van der Waals surface area contributed by atoms with E-state index in [4.69, 9.17) is 4.74 Å². The van der Waals surface area contributed by atoms with Crippen molar-refractivity contribution in [2.45, 2.75) is 64.4 Å². The Labute approximate surface area is 122 Å². The van der Waals surface area contributed by atoms with Crippen LogP contribution in [0.1, 0.15) is 58.8 Å². The minimum absolute atomic E-state index is 0.0133. The zero-order valence-corrected chi connectivity index (χ0v) is 12.9. The van der Waals surface area contributed by atoms with E-state index in [9.17, 15) is 9.90 Å². The van der Waals surface area contributed by atoms with Crippen LogP contribution >= 0.6 is 0 Å². The average molecular weight is 283 g/mol. The molecule has 4 nitrogen and oxygen atoms in total. The third-order valence-corrected chi connectivity index (χ3v) is 5.20. The SMILES string of the molecule is CCOC(=O)C1CCC(O)(CNCC2(CC)CC2)CC1. The fourth-order valence-electron chi connectivity index (χ4n) is 3.22. The van der Waals surface area contributed by atoms with E-state index in [1.54, 1.807) is 0 Å². The highest BCUT2D eigenvalue weighted by atomic mass is 16.5. The molecule has 2 N–H and O–H groups in total. The fraction of sp³-hybridized carbons (Fsp3) is 0.938. The predicted octanol–water partition coefficient (Wildman–Crippen LogP) is 2.25. The Morgan fingerprint density at radius 3 is 2.35 bits per heavy atom. The van der Waals surface area contributed by atoms with Crippen molar-refractivity contribution in [1.29, 1.82) is 0 Å². The topological polar surface area (TPSA) is 58.6 Å². The Morgan fingerprint density at radius 1 is 1.20 bits per heavy atom. The Balaban J connectivity index is 1.69.